The molecule has 1 aliphatic heterocycles. The summed E-state index contributed by atoms with van der Waals surface area (Å²) in [5.74, 6) is -0.533. The van der Waals surface area contributed by atoms with E-state index in [-0.39, 0.29) is 17.8 Å². The SMILES string of the molecule is COC(=O)[C@@H]1CCCN1c1cccc(F)c1. The van der Waals surface area contributed by atoms with Crippen molar-refractivity contribution < 1.29 is 13.9 Å². The number of nitrogens with zero attached hydrogens (tertiary/aromatic N) is 1. The van der Waals surface area contributed by atoms with Crippen LogP contribution in [0.15, 0.2) is 24.3 Å². The van der Waals surface area contributed by atoms with E-state index in [9.17, 15) is 9.18 Å². The van der Waals surface area contributed by atoms with Gasteiger partial charge in [0.15, 0.2) is 0 Å². The van der Waals surface area contributed by atoms with E-state index >= 15 is 0 Å². The number of hydrogen-bond donors (Lipinski definition) is 0. The third kappa shape index (κ3) is 2.01. The smallest absolute Gasteiger partial charge is 0.328 e. The van der Waals surface area contributed by atoms with E-state index in [0.29, 0.717) is 0 Å². The summed E-state index contributed by atoms with van der Waals surface area (Å²) in [6.45, 7) is 0.767. The largest absolute Gasteiger partial charge is 0.467 e. The van der Waals surface area contributed by atoms with Crippen LogP contribution in [-0.4, -0.2) is 25.7 Å². The molecule has 1 atom stereocenters. The molecule has 0 bridgehead atoms. The molecular formula is C12H14FNO2. The molecule has 0 aliphatic carbocycles. The molecule has 3 nitrogen and oxygen atoms in total. The van der Waals surface area contributed by atoms with Gasteiger partial charge in [0.2, 0.25) is 0 Å². The van der Waals surface area contributed by atoms with E-state index in [4.69, 9.17) is 4.74 Å². The van der Waals surface area contributed by atoms with Gasteiger partial charge >= 0.3 is 5.97 Å². The van der Waals surface area contributed by atoms with Gasteiger partial charge in [0, 0.05) is 12.2 Å². The van der Waals surface area contributed by atoms with Gasteiger partial charge in [-0.1, -0.05) is 6.07 Å². The van der Waals surface area contributed by atoms with Gasteiger partial charge in [-0.25, -0.2) is 9.18 Å². The monoisotopic (exact) mass is 223 g/mol. The summed E-state index contributed by atoms with van der Waals surface area (Å²) >= 11 is 0. The highest BCUT2D eigenvalue weighted by molar-refractivity contribution is 5.80. The van der Waals surface area contributed by atoms with Crippen LogP contribution in [-0.2, 0) is 9.53 Å². The van der Waals surface area contributed by atoms with Crippen molar-refractivity contribution in [2.24, 2.45) is 0 Å². The van der Waals surface area contributed by atoms with E-state index in [1.807, 2.05) is 11.0 Å². The zero-order valence-electron chi connectivity index (χ0n) is 9.15. The van der Waals surface area contributed by atoms with Crippen molar-refractivity contribution in [2.45, 2.75) is 18.9 Å². The van der Waals surface area contributed by atoms with E-state index in [1.54, 1.807) is 6.07 Å². The van der Waals surface area contributed by atoms with E-state index in [0.717, 1.165) is 25.1 Å². The minimum absolute atomic E-state index is 0.248. The first kappa shape index (κ1) is 10.9. The highest BCUT2D eigenvalue weighted by atomic mass is 19.1. The molecule has 86 valence electrons. The molecule has 0 saturated carbocycles. The van der Waals surface area contributed by atoms with Crippen molar-refractivity contribution >= 4 is 11.7 Å². The standard InChI is InChI=1S/C12H14FNO2/c1-16-12(15)11-6-3-7-14(11)10-5-2-4-9(13)8-10/h2,4-5,8,11H,3,6-7H2,1H3/t11-/m0/s1. The molecule has 1 aromatic rings. The first-order valence-electron chi connectivity index (χ1n) is 5.32. The second kappa shape index (κ2) is 4.51. The number of hydrogen-bond acceptors (Lipinski definition) is 3. The highest BCUT2D eigenvalue weighted by Gasteiger charge is 2.31. The predicted octanol–water partition coefficient (Wildman–Crippen LogP) is 1.97. The van der Waals surface area contributed by atoms with Crippen LogP contribution in [0.2, 0.25) is 0 Å². The van der Waals surface area contributed by atoms with Crippen LogP contribution >= 0.6 is 0 Å². The van der Waals surface area contributed by atoms with Crippen LogP contribution in [0.4, 0.5) is 10.1 Å². The third-order valence-electron chi connectivity index (χ3n) is 2.87. The Morgan fingerprint density at radius 2 is 2.38 bits per heavy atom. The molecular weight excluding hydrogens is 209 g/mol. The molecule has 1 aromatic carbocycles. The highest BCUT2D eigenvalue weighted by Crippen LogP contribution is 2.26. The van der Waals surface area contributed by atoms with Gasteiger partial charge in [0.05, 0.1) is 7.11 Å². The van der Waals surface area contributed by atoms with Crippen molar-refractivity contribution in [3.8, 4) is 0 Å². The predicted molar refractivity (Wildman–Crippen MR) is 58.8 cm³/mol. The summed E-state index contributed by atoms with van der Waals surface area (Å²) in [5.41, 5.74) is 0.743. The van der Waals surface area contributed by atoms with Crippen molar-refractivity contribution in [2.75, 3.05) is 18.6 Å². The lowest BCUT2D eigenvalue weighted by atomic mass is 10.2. The van der Waals surface area contributed by atoms with Gasteiger partial charge in [-0.05, 0) is 31.0 Å². The van der Waals surface area contributed by atoms with Gasteiger partial charge in [0.25, 0.3) is 0 Å². The molecule has 0 aromatic heterocycles. The molecule has 4 heteroatoms. The average molecular weight is 223 g/mol. The van der Waals surface area contributed by atoms with E-state index < -0.39 is 0 Å². The second-order valence-corrected chi connectivity index (χ2v) is 3.85. The number of benzene rings is 1. The average Bonchev–Trinajstić information content (AvgIpc) is 2.77. The molecule has 0 spiro atoms. The fraction of sp³-hybridized carbons (Fsp3) is 0.417. The maximum atomic E-state index is 13.1. The Labute approximate surface area is 93.8 Å². The van der Waals surface area contributed by atoms with Crippen LogP contribution in [0, 0.1) is 5.82 Å². The molecule has 1 fully saturated rings. The van der Waals surface area contributed by atoms with Crippen molar-refractivity contribution in [3.63, 3.8) is 0 Å². The molecule has 1 aliphatic rings. The lowest BCUT2D eigenvalue weighted by Gasteiger charge is -2.24. The molecule has 0 N–H and O–H groups in total. The first-order chi connectivity index (χ1) is 7.72. The second-order valence-electron chi connectivity index (χ2n) is 3.85. The number of halogens is 1. The molecule has 0 unspecified atom stereocenters. The Bertz CT molecular complexity index is 394. The Hall–Kier alpha value is -1.58. The maximum Gasteiger partial charge on any atom is 0.328 e. The Morgan fingerprint density at radius 1 is 1.56 bits per heavy atom. The van der Waals surface area contributed by atoms with E-state index in [1.165, 1.54) is 19.2 Å². The minimum atomic E-state index is -0.284. The summed E-state index contributed by atoms with van der Waals surface area (Å²) in [7, 11) is 1.38. The maximum absolute atomic E-state index is 13.1. The van der Waals surface area contributed by atoms with Gasteiger partial charge in [-0.15, -0.1) is 0 Å². The van der Waals surface area contributed by atoms with Gasteiger partial charge in [-0.3, -0.25) is 0 Å². The molecule has 2 rings (SSSR count). The molecule has 1 heterocycles. The normalized spacial score (nSPS) is 19.9. The van der Waals surface area contributed by atoms with Gasteiger partial charge < -0.3 is 9.64 Å². The minimum Gasteiger partial charge on any atom is -0.467 e. The summed E-state index contributed by atoms with van der Waals surface area (Å²) < 4.78 is 17.8. The zero-order chi connectivity index (χ0) is 11.5. The number of rotatable bonds is 2. The number of ether oxygens (including phenoxy) is 1. The fourth-order valence-corrected chi connectivity index (χ4v) is 2.11. The van der Waals surface area contributed by atoms with Crippen molar-refractivity contribution in [3.05, 3.63) is 30.1 Å². The lowest BCUT2D eigenvalue weighted by Crippen LogP contribution is -2.36. The van der Waals surface area contributed by atoms with Crippen LogP contribution in [0.5, 0.6) is 0 Å². The topological polar surface area (TPSA) is 29.5 Å². The Kier molecular flexibility index (Phi) is 3.08. The summed E-state index contributed by atoms with van der Waals surface area (Å²) in [4.78, 5) is 13.4. The van der Waals surface area contributed by atoms with Crippen LogP contribution in [0.25, 0.3) is 0 Å². The van der Waals surface area contributed by atoms with Crippen LogP contribution in [0.1, 0.15) is 12.8 Å². The van der Waals surface area contributed by atoms with Crippen molar-refractivity contribution in [1.82, 2.24) is 0 Å². The summed E-state index contributed by atoms with van der Waals surface area (Å²) in [6, 6.07) is 6.03. The number of esters is 1. The summed E-state index contributed by atoms with van der Waals surface area (Å²) in [6.07, 6.45) is 1.69. The van der Waals surface area contributed by atoms with Gasteiger partial charge in [0.1, 0.15) is 11.9 Å². The Balaban J connectivity index is 2.23. The molecule has 1 saturated heterocycles. The number of carbonyl (C=O) groups excluding carboxylic acids is 1. The van der Waals surface area contributed by atoms with Crippen LogP contribution < -0.4 is 4.90 Å². The number of methoxy groups -OCH3 is 1. The van der Waals surface area contributed by atoms with Crippen molar-refractivity contribution in [1.29, 1.82) is 0 Å². The summed E-state index contributed by atoms with van der Waals surface area (Å²) in [5, 5.41) is 0. The fourth-order valence-electron chi connectivity index (χ4n) is 2.11. The molecule has 0 amide bonds. The Morgan fingerprint density at radius 3 is 3.06 bits per heavy atom. The van der Waals surface area contributed by atoms with Crippen LogP contribution in [0.3, 0.4) is 0 Å². The van der Waals surface area contributed by atoms with Gasteiger partial charge in [-0.2, -0.15) is 0 Å². The molecule has 16 heavy (non-hydrogen) atoms. The number of anilines is 1. The van der Waals surface area contributed by atoms with E-state index in [2.05, 4.69) is 0 Å². The number of carbonyl (C=O) groups is 1. The quantitative estimate of drug-likeness (QED) is 0.718. The molecule has 0 radical (unpaired) electrons. The lowest BCUT2D eigenvalue weighted by molar-refractivity contribution is -0.141. The third-order valence-corrected chi connectivity index (χ3v) is 2.87. The first-order valence-corrected chi connectivity index (χ1v) is 5.32. The zero-order valence-corrected chi connectivity index (χ0v) is 9.15.